The summed E-state index contributed by atoms with van der Waals surface area (Å²) in [6.07, 6.45) is 9.47. The number of hydrogen-bond donors (Lipinski definition) is 4. The molecule has 0 aliphatic rings. The molecule has 0 aromatic heterocycles. The predicted molar refractivity (Wildman–Crippen MR) is 114 cm³/mol. The number of carbonyl (C=O) groups is 1. The number of hydrogen-bond acceptors (Lipinski definition) is 4. The van der Waals surface area contributed by atoms with Crippen molar-refractivity contribution in [3.8, 4) is 11.8 Å². The van der Waals surface area contributed by atoms with Gasteiger partial charge in [-0.3, -0.25) is 4.79 Å². The molecule has 0 spiro atoms. The van der Waals surface area contributed by atoms with E-state index >= 15 is 0 Å². The van der Waals surface area contributed by atoms with E-state index in [0.717, 1.165) is 26.2 Å². The summed E-state index contributed by atoms with van der Waals surface area (Å²) in [7, 11) is 0. The quantitative estimate of drug-likeness (QED) is 0.325. The van der Waals surface area contributed by atoms with Crippen molar-refractivity contribution < 1.29 is 24.5 Å². The molecule has 1 aromatic rings. The maximum Gasteiger partial charge on any atom is 0.300 e. The van der Waals surface area contributed by atoms with Gasteiger partial charge in [-0.25, -0.2) is 4.39 Å². The lowest BCUT2D eigenvalue weighted by Gasteiger charge is -2.17. The zero-order chi connectivity index (χ0) is 22.1. The van der Waals surface area contributed by atoms with E-state index in [2.05, 4.69) is 18.8 Å². The number of unbranched alkanes of at least 4 members (excludes halogenated alkanes) is 8. The molecule has 6 heteroatoms. The van der Waals surface area contributed by atoms with Gasteiger partial charge in [0.1, 0.15) is 5.82 Å². The highest BCUT2D eigenvalue weighted by Gasteiger charge is 2.20. The molecule has 0 aliphatic heterocycles. The number of aliphatic hydroxyl groups excluding tert-OH is 2. The minimum Gasteiger partial charge on any atom is -0.481 e. The van der Waals surface area contributed by atoms with Crippen molar-refractivity contribution in [1.29, 1.82) is 0 Å². The summed E-state index contributed by atoms with van der Waals surface area (Å²) >= 11 is 0. The summed E-state index contributed by atoms with van der Waals surface area (Å²) in [5.41, 5.74) is 5.92. The van der Waals surface area contributed by atoms with E-state index in [1.165, 1.54) is 44.6 Å². The van der Waals surface area contributed by atoms with Crippen LogP contribution in [0.2, 0.25) is 0 Å². The molecule has 164 valence electrons. The van der Waals surface area contributed by atoms with Crippen LogP contribution in [0.15, 0.2) is 18.2 Å². The van der Waals surface area contributed by atoms with Crippen LogP contribution < -0.4 is 5.73 Å². The number of aliphatic carboxylic acids is 1. The number of nitrogens with two attached hydrogens (primary N) is 1. The van der Waals surface area contributed by atoms with Gasteiger partial charge in [0.15, 0.2) is 0 Å². The van der Waals surface area contributed by atoms with Crippen LogP contribution in [-0.4, -0.2) is 33.9 Å². The molecule has 0 heterocycles. The fourth-order valence-electron chi connectivity index (χ4n) is 2.71. The Bertz CT molecular complexity index is 636. The fourth-order valence-corrected chi connectivity index (χ4v) is 2.71. The fraction of sp³-hybridized carbons (Fsp3) is 0.609. The Balaban J connectivity index is 0.00000178. The Labute approximate surface area is 174 Å². The second-order valence-corrected chi connectivity index (χ2v) is 7.05. The number of carboxylic acids is 1. The normalized spacial score (nSPS) is 12.2. The van der Waals surface area contributed by atoms with Crippen molar-refractivity contribution in [1.82, 2.24) is 0 Å². The highest BCUT2D eigenvalue weighted by atomic mass is 19.1. The average Bonchev–Trinajstić information content (AvgIpc) is 2.69. The minimum atomic E-state index is -1.24. The maximum absolute atomic E-state index is 14.4. The van der Waals surface area contributed by atoms with Gasteiger partial charge >= 0.3 is 0 Å². The summed E-state index contributed by atoms with van der Waals surface area (Å²) in [6, 6.07) is 3.80. The first kappa shape index (κ1) is 27.1. The molecule has 0 saturated heterocycles. The van der Waals surface area contributed by atoms with Crippen LogP contribution in [0.3, 0.4) is 0 Å². The molecular formula is C23H36FNO4. The third kappa shape index (κ3) is 13.0. The lowest BCUT2D eigenvalue weighted by atomic mass is 10.00. The summed E-state index contributed by atoms with van der Waals surface area (Å²) in [6.45, 7) is 2.90. The maximum atomic E-state index is 14.4. The zero-order valence-electron chi connectivity index (χ0n) is 17.7. The first-order chi connectivity index (χ1) is 13.8. The lowest BCUT2D eigenvalue weighted by Crippen LogP contribution is -2.32. The number of benzene rings is 1. The molecule has 0 aliphatic carbocycles. The van der Waals surface area contributed by atoms with Gasteiger partial charge in [-0.1, -0.05) is 75.8 Å². The number of carboxylic acid groups (broad SMARTS) is 1. The molecule has 2 unspecified atom stereocenters. The number of halogens is 1. The second-order valence-electron chi connectivity index (χ2n) is 7.05. The molecule has 0 saturated carbocycles. The predicted octanol–water partition coefficient (Wildman–Crippen LogP) is 4.15. The van der Waals surface area contributed by atoms with Gasteiger partial charge in [-0.05, 0) is 12.5 Å². The summed E-state index contributed by atoms with van der Waals surface area (Å²) < 4.78 is 14.4. The standard InChI is InChI=1S/C21H32FNO2.C2H4O2/c1-2-3-4-5-6-7-8-9-10-11-13-17-14-12-15-18(20(17)22)21(25)19(23)16-24;1-2(3)4/h12,14-15,19,21,24-25H,2-10,16,23H2,1H3;1H3,(H,3,4). The van der Waals surface area contributed by atoms with Gasteiger partial charge < -0.3 is 21.1 Å². The molecule has 0 amide bonds. The molecule has 1 rings (SSSR count). The van der Waals surface area contributed by atoms with Crippen molar-refractivity contribution in [3.05, 3.63) is 35.1 Å². The molecule has 1 aromatic carbocycles. The summed E-state index contributed by atoms with van der Waals surface area (Å²) in [5, 5.41) is 26.4. The number of aliphatic hydroxyl groups is 2. The van der Waals surface area contributed by atoms with Crippen molar-refractivity contribution >= 4 is 5.97 Å². The van der Waals surface area contributed by atoms with Gasteiger partial charge in [0.05, 0.1) is 24.3 Å². The van der Waals surface area contributed by atoms with E-state index < -0.39 is 30.5 Å². The Kier molecular flexibility index (Phi) is 15.8. The smallest absolute Gasteiger partial charge is 0.300 e. The van der Waals surface area contributed by atoms with E-state index in [-0.39, 0.29) is 11.1 Å². The van der Waals surface area contributed by atoms with Gasteiger partial charge in [0, 0.05) is 18.9 Å². The second kappa shape index (κ2) is 17.0. The Hall–Kier alpha value is -1.94. The van der Waals surface area contributed by atoms with Crippen LogP contribution >= 0.6 is 0 Å². The largest absolute Gasteiger partial charge is 0.481 e. The van der Waals surface area contributed by atoms with E-state index in [1.54, 1.807) is 12.1 Å². The van der Waals surface area contributed by atoms with Crippen molar-refractivity contribution in [2.24, 2.45) is 5.73 Å². The minimum absolute atomic E-state index is 0.0837. The van der Waals surface area contributed by atoms with E-state index in [0.29, 0.717) is 0 Å². The van der Waals surface area contributed by atoms with Crippen LogP contribution in [0.4, 0.5) is 4.39 Å². The molecule has 2 atom stereocenters. The van der Waals surface area contributed by atoms with Crippen LogP contribution in [-0.2, 0) is 4.79 Å². The van der Waals surface area contributed by atoms with Gasteiger partial charge in [-0.2, -0.15) is 0 Å². The third-order valence-electron chi connectivity index (χ3n) is 4.34. The average molecular weight is 410 g/mol. The Morgan fingerprint density at radius 3 is 2.24 bits per heavy atom. The van der Waals surface area contributed by atoms with E-state index in [9.17, 15) is 9.50 Å². The molecule has 0 bridgehead atoms. The van der Waals surface area contributed by atoms with Crippen LogP contribution in [0.5, 0.6) is 0 Å². The van der Waals surface area contributed by atoms with Crippen LogP contribution in [0.25, 0.3) is 0 Å². The van der Waals surface area contributed by atoms with Crippen molar-refractivity contribution in [2.75, 3.05) is 6.61 Å². The summed E-state index contributed by atoms with van der Waals surface area (Å²) in [4.78, 5) is 9.00. The van der Waals surface area contributed by atoms with E-state index in [1.807, 2.05) is 0 Å². The van der Waals surface area contributed by atoms with Crippen LogP contribution in [0.1, 0.15) is 88.9 Å². The monoisotopic (exact) mass is 409 g/mol. The zero-order valence-corrected chi connectivity index (χ0v) is 17.7. The molecular weight excluding hydrogens is 373 g/mol. The first-order valence-corrected chi connectivity index (χ1v) is 10.4. The first-order valence-electron chi connectivity index (χ1n) is 10.4. The molecule has 5 N–H and O–H groups in total. The summed E-state index contributed by atoms with van der Waals surface area (Å²) in [5.74, 6) is 4.47. The molecule has 0 radical (unpaired) electrons. The van der Waals surface area contributed by atoms with Gasteiger partial charge in [-0.15, -0.1) is 0 Å². The SMILES string of the molecule is CC(=O)O.CCCCCCCCCCC#Cc1cccc(C(O)C(N)CO)c1F. The highest BCUT2D eigenvalue weighted by molar-refractivity contribution is 5.62. The Morgan fingerprint density at radius 1 is 1.14 bits per heavy atom. The topological polar surface area (TPSA) is 104 Å². The van der Waals surface area contributed by atoms with Crippen LogP contribution in [0, 0.1) is 17.7 Å². The van der Waals surface area contributed by atoms with Gasteiger partial charge in [0.25, 0.3) is 5.97 Å². The van der Waals surface area contributed by atoms with Gasteiger partial charge in [0.2, 0.25) is 0 Å². The van der Waals surface area contributed by atoms with E-state index in [4.69, 9.17) is 20.7 Å². The third-order valence-corrected chi connectivity index (χ3v) is 4.34. The lowest BCUT2D eigenvalue weighted by molar-refractivity contribution is -0.134. The van der Waals surface area contributed by atoms with Crippen molar-refractivity contribution in [2.45, 2.75) is 83.8 Å². The molecule has 29 heavy (non-hydrogen) atoms. The Morgan fingerprint density at radius 2 is 1.69 bits per heavy atom. The van der Waals surface area contributed by atoms with Crippen molar-refractivity contribution in [3.63, 3.8) is 0 Å². The number of rotatable bonds is 11. The molecule has 5 nitrogen and oxygen atoms in total. The highest BCUT2D eigenvalue weighted by Crippen LogP contribution is 2.21. The molecule has 0 fully saturated rings.